The van der Waals surface area contributed by atoms with E-state index < -0.39 is 0 Å². The second-order valence-corrected chi connectivity index (χ2v) is 3.56. The topological polar surface area (TPSA) is 28.7 Å². The zero-order valence-electron chi connectivity index (χ0n) is 8.01. The maximum atomic E-state index is 8.82. The molecule has 1 aromatic heterocycles. The van der Waals surface area contributed by atoms with Gasteiger partial charge in [-0.15, -0.1) is 0 Å². The van der Waals surface area contributed by atoms with Crippen molar-refractivity contribution in [2.75, 3.05) is 0 Å². The van der Waals surface area contributed by atoms with Gasteiger partial charge in [-0.25, -0.2) is 0 Å². The third-order valence-corrected chi connectivity index (χ3v) is 2.67. The van der Waals surface area contributed by atoms with Crippen molar-refractivity contribution in [1.29, 1.82) is 5.26 Å². The van der Waals surface area contributed by atoms with Crippen molar-refractivity contribution in [3.63, 3.8) is 0 Å². The summed E-state index contributed by atoms with van der Waals surface area (Å²) < 4.78 is 1.54. The van der Waals surface area contributed by atoms with E-state index in [9.17, 15) is 0 Å². The van der Waals surface area contributed by atoms with Crippen molar-refractivity contribution in [2.45, 2.75) is 0 Å². The van der Waals surface area contributed by atoms with Crippen molar-refractivity contribution >= 4 is 21.5 Å². The monoisotopic (exact) mass is 192 g/mol. The molecule has 2 heteroatoms. The zero-order valence-corrected chi connectivity index (χ0v) is 8.01. The van der Waals surface area contributed by atoms with E-state index in [1.54, 1.807) is 0 Å². The molecule has 0 radical (unpaired) electrons. The molecular formula is C13H8N2. The highest BCUT2D eigenvalue weighted by Crippen LogP contribution is 2.25. The van der Waals surface area contributed by atoms with Crippen LogP contribution in [-0.4, -0.2) is 4.57 Å². The Morgan fingerprint density at radius 2 is 1.67 bits per heavy atom. The highest BCUT2D eigenvalue weighted by molar-refractivity contribution is 6.07. The summed E-state index contributed by atoms with van der Waals surface area (Å²) in [4.78, 5) is 0. The van der Waals surface area contributed by atoms with Gasteiger partial charge < -0.3 is 0 Å². The molecule has 2 nitrogen and oxygen atoms in total. The average Bonchev–Trinajstić information content (AvgIpc) is 2.72. The lowest BCUT2D eigenvalue weighted by atomic mass is 10.1. The molecule has 70 valence electrons. The molecule has 1 heterocycles. The second kappa shape index (κ2) is 2.86. The Morgan fingerprint density at radius 1 is 0.867 bits per heavy atom. The van der Waals surface area contributed by atoms with E-state index in [0.29, 0.717) is 0 Å². The first-order chi connectivity index (χ1) is 7.38. The molecule has 3 aromatic rings. The minimum Gasteiger partial charge on any atom is -0.261 e. The molecular weight excluding hydrogens is 184 g/mol. The Kier molecular flexibility index (Phi) is 1.54. The molecule has 0 aliphatic heterocycles. The third kappa shape index (κ3) is 1.10. The van der Waals surface area contributed by atoms with Gasteiger partial charge in [-0.2, -0.15) is 5.26 Å². The summed E-state index contributed by atoms with van der Waals surface area (Å²) in [5, 5.41) is 13.5. The van der Waals surface area contributed by atoms with Gasteiger partial charge in [0.2, 0.25) is 0 Å². The lowest BCUT2D eigenvalue weighted by Crippen LogP contribution is -1.77. The summed E-state index contributed by atoms with van der Waals surface area (Å²) >= 11 is 0. The molecule has 0 spiro atoms. The normalized spacial score (nSPS) is 10.6. The second-order valence-electron chi connectivity index (χ2n) is 3.56. The molecule has 0 N–H and O–H groups in total. The summed E-state index contributed by atoms with van der Waals surface area (Å²) in [6.07, 6.45) is 5.82. The summed E-state index contributed by atoms with van der Waals surface area (Å²) in [5.74, 6) is 0. The molecule has 15 heavy (non-hydrogen) atoms. The van der Waals surface area contributed by atoms with Crippen LogP contribution in [-0.2, 0) is 0 Å². The van der Waals surface area contributed by atoms with Crippen LogP contribution in [0, 0.1) is 11.5 Å². The van der Waals surface area contributed by atoms with E-state index in [0.717, 1.165) is 10.8 Å². The predicted molar refractivity (Wildman–Crippen MR) is 60.5 cm³/mol. The standard InChI is InChI=1S/C13H8N2/c14-9-15-7-11-6-5-10-3-1-2-4-12(10)13(11)8-15/h1-8H. The molecule has 0 atom stereocenters. The number of nitrogens with zero attached hydrogens (tertiary/aromatic N) is 2. The van der Waals surface area contributed by atoms with Crippen LogP contribution in [0.3, 0.4) is 0 Å². The Labute approximate surface area is 87.0 Å². The number of hydrogen-bond donors (Lipinski definition) is 0. The van der Waals surface area contributed by atoms with Crippen LogP contribution in [0.15, 0.2) is 48.8 Å². The minimum absolute atomic E-state index is 1.11. The molecule has 0 aliphatic carbocycles. The fraction of sp³-hybridized carbons (Fsp3) is 0. The van der Waals surface area contributed by atoms with Gasteiger partial charge in [-0.3, -0.25) is 4.57 Å². The molecule has 0 amide bonds. The largest absolute Gasteiger partial charge is 0.261 e. The van der Waals surface area contributed by atoms with Crippen LogP contribution in [0.4, 0.5) is 0 Å². The van der Waals surface area contributed by atoms with Crippen LogP contribution in [0.1, 0.15) is 0 Å². The van der Waals surface area contributed by atoms with Crippen molar-refractivity contribution in [3.05, 3.63) is 48.8 Å². The fourth-order valence-corrected chi connectivity index (χ4v) is 1.95. The smallest absolute Gasteiger partial charge is 0.188 e. The van der Waals surface area contributed by atoms with E-state index in [1.165, 1.54) is 15.3 Å². The maximum Gasteiger partial charge on any atom is 0.188 e. The van der Waals surface area contributed by atoms with E-state index in [4.69, 9.17) is 5.26 Å². The molecule has 0 saturated carbocycles. The van der Waals surface area contributed by atoms with Crippen molar-refractivity contribution in [1.82, 2.24) is 4.57 Å². The van der Waals surface area contributed by atoms with E-state index in [2.05, 4.69) is 24.4 Å². The van der Waals surface area contributed by atoms with Gasteiger partial charge in [0.15, 0.2) is 6.19 Å². The molecule has 0 aliphatic rings. The number of fused-ring (bicyclic) bond motifs is 3. The lowest BCUT2D eigenvalue weighted by molar-refractivity contribution is 1.11. The molecule has 3 rings (SSSR count). The van der Waals surface area contributed by atoms with Gasteiger partial charge in [0.25, 0.3) is 0 Å². The Balaban J connectivity index is 2.54. The molecule has 0 saturated heterocycles. The third-order valence-electron chi connectivity index (χ3n) is 2.67. The minimum atomic E-state index is 1.11. The van der Waals surface area contributed by atoms with Crippen LogP contribution in [0.25, 0.3) is 21.5 Å². The van der Waals surface area contributed by atoms with E-state index in [-0.39, 0.29) is 0 Å². The number of benzene rings is 2. The highest BCUT2D eigenvalue weighted by Gasteiger charge is 2.02. The number of rotatable bonds is 0. The van der Waals surface area contributed by atoms with Crippen LogP contribution in [0.5, 0.6) is 0 Å². The number of hydrogen-bond acceptors (Lipinski definition) is 1. The summed E-state index contributed by atoms with van der Waals surface area (Å²) in [7, 11) is 0. The Morgan fingerprint density at radius 3 is 2.53 bits per heavy atom. The fourth-order valence-electron chi connectivity index (χ4n) is 1.95. The Hall–Kier alpha value is -2.27. The first-order valence-electron chi connectivity index (χ1n) is 4.78. The summed E-state index contributed by atoms with van der Waals surface area (Å²) in [6.45, 7) is 0. The van der Waals surface area contributed by atoms with E-state index >= 15 is 0 Å². The van der Waals surface area contributed by atoms with Gasteiger partial charge in [0.1, 0.15) is 0 Å². The van der Waals surface area contributed by atoms with Crippen molar-refractivity contribution < 1.29 is 0 Å². The first kappa shape index (κ1) is 8.07. The highest BCUT2D eigenvalue weighted by atomic mass is 14.9. The lowest BCUT2D eigenvalue weighted by Gasteiger charge is -1.97. The van der Waals surface area contributed by atoms with Crippen LogP contribution in [0.2, 0.25) is 0 Å². The van der Waals surface area contributed by atoms with Gasteiger partial charge in [-0.05, 0) is 10.8 Å². The van der Waals surface area contributed by atoms with Gasteiger partial charge >= 0.3 is 0 Å². The van der Waals surface area contributed by atoms with Crippen LogP contribution < -0.4 is 0 Å². The van der Waals surface area contributed by atoms with Crippen molar-refractivity contribution in [2.24, 2.45) is 0 Å². The van der Waals surface area contributed by atoms with Crippen molar-refractivity contribution in [3.8, 4) is 6.19 Å². The maximum absolute atomic E-state index is 8.82. The number of aromatic nitrogens is 1. The van der Waals surface area contributed by atoms with E-state index in [1.807, 2.05) is 30.6 Å². The zero-order chi connectivity index (χ0) is 10.3. The molecule has 2 aromatic carbocycles. The van der Waals surface area contributed by atoms with Gasteiger partial charge in [0, 0.05) is 23.2 Å². The Bertz CT molecular complexity index is 686. The number of nitriles is 1. The molecule has 0 bridgehead atoms. The quantitative estimate of drug-likeness (QED) is 0.538. The average molecular weight is 192 g/mol. The molecule has 0 unspecified atom stereocenters. The summed E-state index contributed by atoms with van der Waals surface area (Å²) in [6, 6.07) is 12.3. The first-order valence-corrected chi connectivity index (χ1v) is 4.78. The SMILES string of the molecule is N#Cn1cc2ccc3ccccc3c2c1. The van der Waals surface area contributed by atoms with Gasteiger partial charge in [-0.1, -0.05) is 36.4 Å². The van der Waals surface area contributed by atoms with Gasteiger partial charge in [0.05, 0.1) is 0 Å². The summed E-state index contributed by atoms with van der Waals surface area (Å²) in [5.41, 5.74) is 0. The predicted octanol–water partition coefficient (Wildman–Crippen LogP) is 3.12. The van der Waals surface area contributed by atoms with Crippen LogP contribution >= 0.6 is 0 Å². The molecule has 0 fully saturated rings.